The fourth-order valence-electron chi connectivity index (χ4n) is 6.79. The molecule has 1 heteroatoms. The first-order chi connectivity index (χ1) is 16.8. The summed E-state index contributed by atoms with van der Waals surface area (Å²) in [5.74, 6) is 0. The van der Waals surface area contributed by atoms with Gasteiger partial charge in [-0.2, -0.15) is 0 Å². The van der Waals surface area contributed by atoms with E-state index < -0.39 is 0 Å². The number of para-hydroxylation sites is 1. The Labute approximate surface area is 198 Å². The summed E-state index contributed by atoms with van der Waals surface area (Å²) >= 11 is 0. The van der Waals surface area contributed by atoms with Gasteiger partial charge in [-0.3, -0.25) is 0 Å². The van der Waals surface area contributed by atoms with E-state index in [2.05, 4.69) is 110 Å². The highest BCUT2D eigenvalue weighted by molar-refractivity contribution is 6.17. The van der Waals surface area contributed by atoms with Crippen molar-refractivity contribution in [3.05, 3.63) is 131 Å². The van der Waals surface area contributed by atoms with Gasteiger partial charge in [0.15, 0.2) is 0 Å². The van der Waals surface area contributed by atoms with Gasteiger partial charge in [0, 0.05) is 10.8 Å². The largest absolute Gasteiger partial charge is 0.456 e. The molecule has 0 N–H and O–H groups in total. The van der Waals surface area contributed by atoms with Crippen LogP contribution < -0.4 is 0 Å². The number of rotatable bonds is 1. The third-order valence-electron chi connectivity index (χ3n) is 8.06. The number of benzene rings is 5. The Morgan fingerprint density at radius 1 is 0.618 bits per heavy atom. The first-order valence-corrected chi connectivity index (χ1v) is 12.1. The van der Waals surface area contributed by atoms with Crippen LogP contribution in [0.1, 0.15) is 34.7 Å². The van der Waals surface area contributed by atoms with Crippen molar-refractivity contribution in [3.8, 4) is 22.3 Å². The fraction of sp³-hybridized carbons (Fsp3) is 0.0909. The second kappa shape index (κ2) is 6.27. The van der Waals surface area contributed by atoms with Crippen molar-refractivity contribution in [2.75, 3.05) is 0 Å². The summed E-state index contributed by atoms with van der Waals surface area (Å²) in [6, 6.07) is 37.9. The van der Waals surface area contributed by atoms with Crippen LogP contribution in [0.5, 0.6) is 0 Å². The Kier molecular flexibility index (Phi) is 3.38. The lowest BCUT2D eigenvalue weighted by atomic mass is 9.70. The van der Waals surface area contributed by atoms with Crippen molar-refractivity contribution < 1.29 is 4.42 Å². The van der Waals surface area contributed by atoms with Crippen molar-refractivity contribution in [3.63, 3.8) is 0 Å². The van der Waals surface area contributed by atoms with Gasteiger partial charge in [-0.05, 0) is 68.6 Å². The highest BCUT2D eigenvalue weighted by Gasteiger charge is 2.52. The van der Waals surface area contributed by atoms with E-state index in [0.717, 1.165) is 17.6 Å². The van der Waals surface area contributed by atoms with Crippen LogP contribution in [0, 0.1) is 0 Å². The molecule has 8 rings (SSSR count). The van der Waals surface area contributed by atoms with Crippen LogP contribution in [0.3, 0.4) is 0 Å². The summed E-state index contributed by atoms with van der Waals surface area (Å²) in [5.41, 5.74) is 13.8. The predicted octanol–water partition coefficient (Wildman–Crippen LogP) is 8.49. The number of aryl methyl sites for hydroxylation is 1. The molecule has 0 aliphatic heterocycles. The molecule has 0 saturated heterocycles. The average Bonchev–Trinajstić information content (AvgIpc) is 3.52. The fourth-order valence-corrected chi connectivity index (χ4v) is 6.79. The Morgan fingerprint density at radius 3 is 1.85 bits per heavy atom. The van der Waals surface area contributed by atoms with Gasteiger partial charge in [-0.1, -0.05) is 97.9 Å². The van der Waals surface area contributed by atoms with E-state index in [0.29, 0.717) is 0 Å². The molecule has 1 nitrogen and oxygen atoms in total. The van der Waals surface area contributed by atoms with Gasteiger partial charge in [-0.15, -0.1) is 0 Å². The normalized spacial score (nSPS) is 14.4. The molecule has 0 amide bonds. The van der Waals surface area contributed by atoms with Crippen LogP contribution >= 0.6 is 0 Å². The molecule has 0 unspecified atom stereocenters. The number of hydrogen-bond donors (Lipinski definition) is 0. The zero-order valence-corrected chi connectivity index (χ0v) is 18.9. The molecule has 0 radical (unpaired) electrons. The molecule has 0 fully saturated rings. The lowest BCUT2D eigenvalue weighted by Gasteiger charge is -2.30. The monoisotopic (exact) mass is 434 g/mol. The first-order valence-electron chi connectivity index (χ1n) is 12.1. The van der Waals surface area contributed by atoms with E-state index in [4.69, 9.17) is 4.42 Å². The molecule has 34 heavy (non-hydrogen) atoms. The number of fused-ring (bicyclic) bond motifs is 14. The molecule has 0 atom stereocenters. The average molecular weight is 435 g/mol. The molecule has 5 aromatic carbocycles. The van der Waals surface area contributed by atoms with E-state index in [1.807, 2.05) is 0 Å². The van der Waals surface area contributed by atoms with Crippen LogP contribution in [-0.2, 0) is 11.8 Å². The van der Waals surface area contributed by atoms with Crippen LogP contribution in [0.15, 0.2) is 108 Å². The highest BCUT2D eigenvalue weighted by atomic mass is 16.3. The molecule has 0 saturated carbocycles. The maximum Gasteiger partial charge on any atom is 0.139 e. The molecule has 1 aromatic heterocycles. The summed E-state index contributed by atoms with van der Waals surface area (Å²) in [6.07, 6.45) is 0.930. The minimum atomic E-state index is -0.310. The van der Waals surface area contributed by atoms with Gasteiger partial charge in [0.1, 0.15) is 11.2 Å². The van der Waals surface area contributed by atoms with Crippen LogP contribution in [0.2, 0.25) is 0 Å². The van der Waals surface area contributed by atoms with Crippen molar-refractivity contribution in [1.29, 1.82) is 0 Å². The van der Waals surface area contributed by atoms with Gasteiger partial charge in [0.2, 0.25) is 0 Å². The number of furan rings is 1. The minimum Gasteiger partial charge on any atom is -0.456 e. The maximum atomic E-state index is 6.50. The second-order valence-electron chi connectivity index (χ2n) is 9.50. The Hall–Kier alpha value is -4.10. The maximum absolute atomic E-state index is 6.50. The Bertz CT molecular complexity index is 1750. The summed E-state index contributed by atoms with van der Waals surface area (Å²) in [4.78, 5) is 0. The molecular weight excluding hydrogens is 412 g/mol. The third kappa shape index (κ3) is 1.94. The summed E-state index contributed by atoms with van der Waals surface area (Å²) in [6.45, 7) is 2.24. The molecule has 2 aliphatic carbocycles. The van der Waals surface area contributed by atoms with E-state index in [-0.39, 0.29) is 5.41 Å². The Balaban J connectivity index is 1.66. The van der Waals surface area contributed by atoms with E-state index >= 15 is 0 Å². The van der Waals surface area contributed by atoms with Crippen molar-refractivity contribution in [1.82, 2.24) is 0 Å². The third-order valence-corrected chi connectivity index (χ3v) is 8.06. The zero-order chi connectivity index (χ0) is 22.4. The summed E-state index contributed by atoms with van der Waals surface area (Å²) in [5, 5.41) is 2.46. The second-order valence-corrected chi connectivity index (χ2v) is 9.50. The van der Waals surface area contributed by atoms with Gasteiger partial charge in [0.05, 0.1) is 5.41 Å². The molecular formula is C33H22O. The minimum absolute atomic E-state index is 0.310. The van der Waals surface area contributed by atoms with Crippen LogP contribution in [0.4, 0.5) is 0 Å². The molecule has 2 aliphatic rings. The molecule has 6 aromatic rings. The lowest BCUT2D eigenvalue weighted by molar-refractivity contribution is 0.663. The van der Waals surface area contributed by atoms with Crippen molar-refractivity contribution in [2.24, 2.45) is 0 Å². The van der Waals surface area contributed by atoms with Crippen molar-refractivity contribution in [2.45, 2.75) is 18.8 Å². The summed E-state index contributed by atoms with van der Waals surface area (Å²) < 4.78 is 6.50. The van der Waals surface area contributed by atoms with Gasteiger partial charge >= 0.3 is 0 Å². The molecule has 160 valence electrons. The summed E-state index contributed by atoms with van der Waals surface area (Å²) in [7, 11) is 0. The van der Waals surface area contributed by atoms with Gasteiger partial charge in [-0.25, -0.2) is 0 Å². The zero-order valence-electron chi connectivity index (χ0n) is 18.9. The topological polar surface area (TPSA) is 13.1 Å². The SMILES string of the molecule is CCc1cc2c(c3c1oc1ccccc13)-c1ccccc1C21c2ccccc2-c2ccccc21. The first kappa shape index (κ1) is 18.3. The van der Waals surface area contributed by atoms with Crippen molar-refractivity contribution >= 4 is 21.9 Å². The highest BCUT2D eigenvalue weighted by Crippen LogP contribution is 2.64. The quantitative estimate of drug-likeness (QED) is 0.252. The number of hydrogen-bond acceptors (Lipinski definition) is 1. The lowest BCUT2D eigenvalue weighted by Crippen LogP contribution is -2.26. The molecule has 1 heterocycles. The molecule has 1 spiro atoms. The van der Waals surface area contributed by atoms with E-state index in [1.165, 1.54) is 60.8 Å². The Morgan fingerprint density at radius 2 is 1.18 bits per heavy atom. The van der Waals surface area contributed by atoms with E-state index in [1.54, 1.807) is 0 Å². The van der Waals surface area contributed by atoms with Crippen LogP contribution in [0.25, 0.3) is 44.2 Å². The van der Waals surface area contributed by atoms with E-state index in [9.17, 15) is 0 Å². The van der Waals surface area contributed by atoms with Crippen LogP contribution in [-0.4, -0.2) is 0 Å². The standard InChI is InChI=1S/C33H22O/c1-2-20-19-28-30(31-24-14-6-10-18-29(24)34-32(20)31)23-13-5-9-17-27(23)33(28)25-15-7-3-11-21(25)22-12-4-8-16-26(22)33/h3-19H,2H2,1H3. The van der Waals surface area contributed by atoms with Gasteiger partial charge in [0.25, 0.3) is 0 Å². The molecule has 0 bridgehead atoms. The predicted molar refractivity (Wildman–Crippen MR) is 139 cm³/mol. The smallest absolute Gasteiger partial charge is 0.139 e. The van der Waals surface area contributed by atoms with Gasteiger partial charge < -0.3 is 4.42 Å².